The molecular formula is C13H15NO4. The molecule has 18 heavy (non-hydrogen) atoms. The number of furan rings is 1. The van der Waals surface area contributed by atoms with Gasteiger partial charge in [-0.05, 0) is 36.8 Å². The van der Waals surface area contributed by atoms with Crippen molar-refractivity contribution in [2.45, 2.75) is 25.3 Å². The number of rotatable bonds is 4. The average molecular weight is 249 g/mol. The Morgan fingerprint density at radius 3 is 2.83 bits per heavy atom. The zero-order chi connectivity index (χ0) is 12.7. The van der Waals surface area contributed by atoms with Gasteiger partial charge in [-0.15, -0.1) is 0 Å². The topological polar surface area (TPSA) is 79.5 Å². The maximum Gasteiger partial charge on any atom is 0.306 e. The van der Waals surface area contributed by atoms with E-state index in [1.807, 2.05) is 0 Å². The maximum absolute atomic E-state index is 11.8. The molecule has 3 rings (SSSR count). The molecule has 0 unspecified atom stereocenters. The Hall–Kier alpha value is -1.78. The monoisotopic (exact) mass is 249 g/mol. The third kappa shape index (κ3) is 2.00. The second-order valence-electron chi connectivity index (χ2n) is 5.17. The number of amides is 1. The summed E-state index contributed by atoms with van der Waals surface area (Å²) in [4.78, 5) is 22.8. The molecule has 0 aromatic carbocycles. The van der Waals surface area contributed by atoms with Gasteiger partial charge in [0, 0.05) is 6.04 Å². The number of carbonyl (C=O) groups is 2. The summed E-state index contributed by atoms with van der Waals surface area (Å²) in [5.41, 5.74) is 0. The molecular weight excluding hydrogens is 234 g/mol. The molecule has 2 aliphatic rings. The van der Waals surface area contributed by atoms with Gasteiger partial charge < -0.3 is 14.8 Å². The van der Waals surface area contributed by atoms with Gasteiger partial charge >= 0.3 is 5.97 Å². The lowest BCUT2D eigenvalue weighted by Gasteiger charge is -2.15. The van der Waals surface area contributed by atoms with Gasteiger partial charge in [0.1, 0.15) is 5.76 Å². The second-order valence-corrected chi connectivity index (χ2v) is 5.17. The normalized spacial score (nSPS) is 32.9. The number of aliphatic carboxylic acids is 1. The molecule has 2 fully saturated rings. The first-order valence-corrected chi connectivity index (χ1v) is 6.19. The Kier molecular flexibility index (Phi) is 2.61. The van der Waals surface area contributed by atoms with Crippen LogP contribution in [0.5, 0.6) is 0 Å². The van der Waals surface area contributed by atoms with Gasteiger partial charge in [-0.1, -0.05) is 0 Å². The number of hydrogen-bond acceptors (Lipinski definition) is 3. The van der Waals surface area contributed by atoms with Crippen molar-refractivity contribution in [2.75, 3.05) is 0 Å². The Morgan fingerprint density at radius 2 is 2.22 bits per heavy atom. The summed E-state index contributed by atoms with van der Waals surface area (Å²) in [7, 11) is 0. The summed E-state index contributed by atoms with van der Waals surface area (Å²) in [5, 5.41) is 12.0. The van der Waals surface area contributed by atoms with Gasteiger partial charge in [0.25, 0.3) is 0 Å². The van der Waals surface area contributed by atoms with Gasteiger partial charge in [-0.3, -0.25) is 9.59 Å². The molecule has 5 heteroatoms. The molecule has 96 valence electrons. The first kappa shape index (κ1) is 11.3. The molecule has 0 radical (unpaired) electrons. The van der Waals surface area contributed by atoms with E-state index in [4.69, 9.17) is 9.52 Å². The van der Waals surface area contributed by atoms with E-state index in [1.165, 1.54) is 6.26 Å². The number of hydrogen-bond donors (Lipinski definition) is 2. The molecule has 2 saturated carbocycles. The fourth-order valence-electron chi connectivity index (χ4n) is 3.06. The predicted octanol–water partition coefficient (Wildman–Crippen LogP) is 1.05. The number of carboxylic acid groups (broad SMARTS) is 1. The van der Waals surface area contributed by atoms with Crippen molar-refractivity contribution in [3.63, 3.8) is 0 Å². The molecule has 0 spiro atoms. The standard InChI is InChI=1S/C13H15NO4/c15-12(4-7-2-1-3-18-7)14-11-6-10(13(16)17)8-5-9(8)11/h1-3,8-11H,4-6H2,(H,14,15)(H,16,17)/t8-,9+,10-,11+/m1/s1. The molecule has 1 amide bonds. The van der Waals surface area contributed by atoms with Crippen molar-refractivity contribution in [1.82, 2.24) is 5.32 Å². The molecule has 0 aliphatic heterocycles. The zero-order valence-corrected chi connectivity index (χ0v) is 9.83. The molecule has 0 bridgehead atoms. The van der Waals surface area contributed by atoms with Gasteiger partial charge in [-0.2, -0.15) is 0 Å². The molecule has 5 nitrogen and oxygen atoms in total. The second kappa shape index (κ2) is 4.15. The Balaban J connectivity index is 1.55. The maximum atomic E-state index is 11.8. The van der Waals surface area contributed by atoms with Crippen molar-refractivity contribution in [2.24, 2.45) is 17.8 Å². The minimum atomic E-state index is -0.731. The highest BCUT2D eigenvalue weighted by molar-refractivity contribution is 5.79. The van der Waals surface area contributed by atoms with Crippen LogP contribution in [-0.4, -0.2) is 23.0 Å². The smallest absolute Gasteiger partial charge is 0.306 e. The van der Waals surface area contributed by atoms with E-state index in [9.17, 15) is 9.59 Å². The van der Waals surface area contributed by atoms with Crippen LogP contribution in [0.25, 0.3) is 0 Å². The Morgan fingerprint density at radius 1 is 1.39 bits per heavy atom. The fourth-order valence-corrected chi connectivity index (χ4v) is 3.06. The summed E-state index contributed by atoms with van der Waals surface area (Å²) in [6.45, 7) is 0. The molecule has 1 aromatic rings. The quantitative estimate of drug-likeness (QED) is 0.835. The summed E-state index contributed by atoms with van der Waals surface area (Å²) in [6, 6.07) is 3.53. The number of fused-ring (bicyclic) bond motifs is 1. The van der Waals surface area contributed by atoms with Gasteiger partial charge in [-0.25, -0.2) is 0 Å². The minimum Gasteiger partial charge on any atom is -0.481 e. The Labute approximate surface area is 104 Å². The van der Waals surface area contributed by atoms with Crippen LogP contribution in [0.15, 0.2) is 22.8 Å². The molecule has 0 saturated heterocycles. The van der Waals surface area contributed by atoms with Crippen LogP contribution in [0.4, 0.5) is 0 Å². The molecule has 2 aliphatic carbocycles. The Bertz CT molecular complexity index is 467. The van der Waals surface area contributed by atoms with Crippen molar-refractivity contribution >= 4 is 11.9 Å². The van der Waals surface area contributed by atoms with E-state index in [0.29, 0.717) is 18.1 Å². The van der Waals surface area contributed by atoms with Crippen LogP contribution in [0.3, 0.4) is 0 Å². The lowest BCUT2D eigenvalue weighted by molar-refractivity contribution is -0.142. The van der Waals surface area contributed by atoms with E-state index in [2.05, 4.69) is 5.32 Å². The fraction of sp³-hybridized carbons (Fsp3) is 0.538. The number of nitrogens with one attached hydrogen (secondary N) is 1. The van der Waals surface area contributed by atoms with Crippen molar-refractivity contribution in [1.29, 1.82) is 0 Å². The van der Waals surface area contributed by atoms with Crippen molar-refractivity contribution in [3.05, 3.63) is 24.2 Å². The molecule has 2 N–H and O–H groups in total. The van der Waals surface area contributed by atoms with Crippen molar-refractivity contribution < 1.29 is 19.1 Å². The minimum absolute atomic E-state index is 0.0264. The largest absolute Gasteiger partial charge is 0.481 e. The van der Waals surface area contributed by atoms with Crippen LogP contribution in [0.1, 0.15) is 18.6 Å². The zero-order valence-electron chi connectivity index (χ0n) is 9.83. The SMILES string of the molecule is O=C(Cc1ccco1)N[C@H]1C[C@@H](C(=O)O)[C@@H]2C[C@@H]21. The molecule has 1 aromatic heterocycles. The lowest BCUT2D eigenvalue weighted by atomic mass is 10.0. The molecule has 1 heterocycles. The van der Waals surface area contributed by atoms with Gasteiger partial charge in [0.05, 0.1) is 18.6 Å². The predicted molar refractivity (Wildman–Crippen MR) is 61.7 cm³/mol. The first-order chi connectivity index (χ1) is 8.65. The van der Waals surface area contributed by atoms with E-state index in [-0.39, 0.29) is 30.2 Å². The van der Waals surface area contributed by atoms with Crippen LogP contribution >= 0.6 is 0 Å². The highest BCUT2D eigenvalue weighted by atomic mass is 16.4. The van der Waals surface area contributed by atoms with Crippen LogP contribution in [0.2, 0.25) is 0 Å². The van der Waals surface area contributed by atoms with Crippen LogP contribution in [0, 0.1) is 17.8 Å². The number of carboxylic acids is 1. The van der Waals surface area contributed by atoms with E-state index in [0.717, 1.165) is 6.42 Å². The number of carbonyl (C=O) groups excluding carboxylic acids is 1. The van der Waals surface area contributed by atoms with E-state index in [1.54, 1.807) is 12.1 Å². The molecule has 4 atom stereocenters. The van der Waals surface area contributed by atoms with Gasteiger partial charge in [0.15, 0.2) is 0 Å². The summed E-state index contributed by atoms with van der Waals surface area (Å²) >= 11 is 0. The first-order valence-electron chi connectivity index (χ1n) is 6.19. The third-order valence-electron chi connectivity index (χ3n) is 4.01. The third-order valence-corrected chi connectivity index (χ3v) is 4.01. The average Bonchev–Trinajstić information content (AvgIpc) is 2.77. The summed E-state index contributed by atoms with van der Waals surface area (Å²) in [6.07, 6.45) is 3.26. The highest BCUT2D eigenvalue weighted by Gasteiger charge is 2.57. The van der Waals surface area contributed by atoms with Crippen LogP contribution < -0.4 is 5.32 Å². The van der Waals surface area contributed by atoms with Crippen LogP contribution in [-0.2, 0) is 16.0 Å². The van der Waals surface area contributed by atoms with Crippen molar-refractivity contribution in [3.8, 4) is 0 Å². The van der Waals surface area contributed by atoms with E-state index < -0.39 is 5.97 Å². The van der Waals surface area contributed by atoms with E-state index >= 15 is 0 Å². The van der Waals surface area contributed by atoms with Gasteiger partial charge in [0.2, 0.25) is 5.91 Å². The summed E-state index contributed by atoms with van der Waals surface area (Å²) < 4.78 is 5.11. The lowest BCUT2D eigenvalue weighted by Crippen LogP contribution is -2.36. The summed E-state index contributed by atoms with van der Waals surface area (Å²) in [5.74, 6) is 0.177. The highest BCUT2D eigenvalue weighted by Crippen LogP contribution is 2.55.